The monoisotopic (exact) mass is 555 g/mol. The van der Waals surface area contributed by atoms with Crippen LogP contribution < -0.4 is 15.4 Å². The number of ketones is 2. The van der Waals surface area contributed by atoms with Crippen LogP contribution in [0.4, 0.5) is 5.69 Å². The van der Waals surface area contributed by atoms with Crippen molar-refractivity contribution in [1.29, 1.82) is 0 Å². The summed E-state index contributed by atoms with van der Waals surface area (Å²) < 4.78 is 11.3. The summed E-state index contributed by atoms with van der Waals surface area (Å²) in [5.41, 5.74) is 3.95. The number of benzene rings is 1. The van der Waals surface area contributed by atoms with E-state index in [0.29, 0.717) is 24.3 Å². The van der Waals surface area contributed by atoms with Crippen molar-refractivity contribution < 1.29 is 38.9 Å². The molecule has 4 rings (SSSR count). The molecule has 4 atom stereocenters. The van der Waals surface area contributed by atoms with Crippen LogP contribution in [0.5, 0.6) is 5.75 Å². The maximum Gasteiger partial charge on any atom is 0.307 e. The van der Waals surface area contributed by atoms with Crippen LogP contribution in [0.2, 0.25) is 0 Å². The molecule has 1 aromatic rings. The van der Waals surface area contributed by atoms with Gasteiger partial charge in [-0.05, 0) is 57.0 Å². The van der Waals surface area contributed by atoms with E-state index in [1.807, 2.05) is 32.0 Å². The van der Waals surface area contributed by atoms with Crippen molar-refractivity contribution in [1.82, 2.24) is 4.90 Å². The predicted octanol–water partition coefficient (Wildman–Crippen LogP) is 1.51. The van der Waals surface area contributed by atoms with E-state index in [1.165, 1.54) is 0 Å². The van der Waals surface area contributed by atoms with Crippen LogP contribution in [-0.2, 0) is 30.3 Å². The molecule has 0 aliphatic heterocycles. The molecule has 0 radical (unpaired) electrons. The molecule has 3 aliphatic carbocycles. The number of nitrogens with two attached hydrogens (primary N) is 1. The Morgan fingerprint density at radius 2 is 1.82 bits per heavy atom. The number of hydrogen-bond acceptors (Lipinski definition) is 10. The molecule has 0 heterocycles. The number of aliphatic hydroxyl groups is 2. The summed E-state index contributed by atoms with van der Waals surface area (Å²) in [6, 6.07) is 2.63. The Labute approximate surface area is 233 Å². The maximum absolute atomic E-state index is 14.2. The molecule has 1 saturated carbocycles. The number of rotatable bonds is 8. The molecule has 3 aliphatic rings. The molecule has 4 N–H and O–H groups in total. The minimum atomic E-state index is -2.71. The van der Waals surface area contributed by atoms with Gasteiger partial charge in [-0.15, -0.1) is 0 Å². The number of unbranched alkanes of at least 4 members (excludes halogenated alkanes) is 1. The predicted molar refractivity (Wildman–Crippen MR) is 146 cm³/mol. The second-order valence-corrected chi connectivity index (χ2v) is 11.1. The van der Waals surface area contributed by atoms with Gasteiger partial charge >= 0.3 is 5.97 Å². The van der Waals surface area contributed by atoms with Crippen molar-refractivity contribution in [2.45, 2.75) is 51.2 Å². The summed E-state index contributed by atoms with van der Waals surface area (Å²) in [7, 11) is 6.99. The number of hydrogen-bond donors (Lipinski definition) is 3. The first-order chi connectivity index (χ1) is 18.8. The van der Waals surface area contributed by atoms with E-state index in [9.17, 15) is 29.4 Å². The highest BCUT2D eigenvalue weighted by Gasteiger charge is 2.65. The van der Waals surface area contributed by atoms with E-state index < -0.39 is 52.5 Å². The standard InChI is InChI=1S/C29H37N3O8/c1-7-8-11-39-19-10-9-18(31(3)4)16-12-15-13-17-23(32(5)6)25(40-14(2)33)22(28(30)37)27(36)29(17,38)26(35)20(15)24(34)21(16)19/h9-10,15,17,23,34,38H,7-8,11-13H2,1-6H3,(H2,30,37)/t15-,17-,23?,29-/m0/s1. The molecule has 11 nitrogen and oxygen atoms in total. The number of likely N-dealkylation sites (N-methyl/N-ethyl adjacent to an activating group) is 1. The molecule has 40 heavy (non-hydrogen) atoms. The zero-order valence-electron chi connectivity index (χ0n) is 23.7. The van der Waals surface area contributed by atoms with E-state index in [0.717, 1.165) is 31.0 Å². The lowest BCUT2D eigenvalue weighted by Crippen LogP contribution is -2.67. The average molecular weight is 556 g/mol. The SMILES string of the molecule is CCCCOc1ccc(N(C)C)c2c1C(O)=C1C(=O)[C@]3(O)C(=O)C(C(N)=O)=C(OC(C)=O)C(N(C)C)[C@@H]3C[C@@H]1C2. The number of carbonyl (C=O) groups excluding carboxylic acids is 4. The molecule has 1 unspecified atom stereocenters. The van der Waals surface area contributed by atoms with Gasteiger partial charge in [0.2, 0.25) is 11.6 Å². The third-order valence-corrected chi connectivity index (χ3v) is 8.03. The van der Waals surface area contributed by atoms with Crippen LogP contribution in [0, 0.1) is 11.8 Å². The zero-order chi connectivity index (χ0) is 29.7. The van der Waals surface area contributed by atoms with Gasteiger partial charge in [0.25, 0.3) is 5.91 Å². The topological polar surface area (TPSA) is 160 Å². The summed E-state index contributed by atoms with van der Waals surface area (Å²) in [5, 5.41) is 23.6. The first-order valence-corrected chi connectivity index (χ1v) is 13.4. The van der Waals surface area contributed by atoms with Crippen LogP contribution in [0.25, 0.3) is 5.76 Å². The van der Waals surface area contributed by atoms with E-state index in [2.05, 4.69) is 0 Å². The van der Waals surface area contributed by atoms with Crippen molar-refractivity contribution in [3.8, 4) is 5.75 Å². The zero-order valence-corrected chi connectivity index (χ0v) is 23.7. The Morgan fingerprint density at radius 3 is 2.38 bits per heavy atom. The molecule has 216 valence electrons. The lowest BCUT2D eigenvalue weighted by Gasteiger charge is -2.50. The summed E-state index contributed by atoms with van der Waals surface area (Å²) in [6.45, 7) is 3.56. The number of esters is 1. The van der Waals surface area contributed by atoms with Crippen molar-refractivity contribution in [2.24, 2.45) is 17.6 Å². The van der Waals surface area contributed by atoms with Crippen LogP contribution in [-0.4, -0.2) is 85.0 Å². The molecule has 0 bridgehead atoms. The van der Waals surface area contributed by atoms with Gasteiger partial charge in [-0.25, -0.2) is 0 Å². The molecule has 1 aromatic carbocycles. The number of fused-ring (bicyclic) bond motifs is 3. The van der Waals surface area contributed by atoms with Crippen LogP contribution in [0.3, 0.4) is 0 Å². The third-order valence-electron chi connectivity index (χ3n) is 8.03. The lowest BCUT2D eigenvalue weighted by molar-refractivity contribution is -0.163. The van der Waals surface area contributed by atoms with Gasteiger partial charge in [-0.2, -0.15) is 0 Å². The number of amides is 1. The quantitative estimate of drug-likeness (QED) is 0.186. The van der Waals surface area contributed by atoms with Crippen molar-refractivity contribution in [3.05, 3.63) is 40.2 Å². The summed E-state index contributed by atoms with van der Waals surface area (Å²) >= 11 is 0. The number of carbonyl (C=O) groups is 4. The van der Waals surface area contributed by atoms with Gasteiger partial charge in [-0.1, -0.05) is 13.3 Å². The number of aliphatic hydroxyl groups excluding tert-OH is 1. The molecule has 11 heteroatoms. The second kappa shape index (κ2) is 10.7. The smallest absolute Gasteiger partial charge is 0.307 e. The summed E-state index contributed by atoms with van der Waals surface area (Å²) in [6.07, 6.45) is 2.10. The number of Topliss-reactive ketones (excluding diaryl/α,β-unsaturated/α-hetero) is 2. The van der Waals surface area contributed by atoms with Gasteiger partial charge in [0.15, 0.2) is 5.60 Å². The molecule has 0 saturated heterocycles. The van der Waals surface area contributed by atoms with E-state index in [1.54, 1.807) is 25.1 Å². The average Bonchev–Trinajstić information content (AvgIpc) is 2.85. The van der Waals surface area contributed by atoms with Crippen molar-refractivity contribution in [2.75, 3.05) is 39.7 Å². The number of nitrogens with zero attached hydrogens (tertiary/aromatic N) is 2. The fourth-order valence-corrected chi connectivity index (χ4v) is 6.32. The van der Waals surface area contributed by atoms with E-state index in [4.69, 9.17) is 15.2 Å². The first-order valence-electron chi connectivity index (χ1n) is 13.4. The lowest BCUT2D eigenvalue weighted by atomic mass is 9.57. The van der Waals surface area contributed by atoms with Crippen LogP contribution in [0.15, 0.2) is 29.0 Å². The van der Waals surface area contributed by atoms with Gasteiger partial charge in [0.05, 0.1) is 18.2 Å². The highest BCUT2D eigenvalue weighted by atomic mass is 16.5. The Morgan fingerprint density at radius 1 is 1.15 bits per heavy atom. The minimum Gasteiger partial charge on any atom is -0.507 e. The van der Waals surface area contributed by atoms with Crippen molar-refractivity contribution in [3.63, 3.8) is 0 Å². The fourth-order valence-electron chi connectivity index (χ4n) is 6.32. The minimum absolute atomic E-state index is 0.0836. The van der Waals surface area contributed by atoms with E-state index in [-0.39, 0.29) is 23.5 Å². The normalized spacial score (nSPS) is 25.9. The summed E-state index contributed by atoms with van der Waals surface area (Å²) in [4.78, 5) is 55.8. The van der Waals surface area contributed by atoms with Gasteiger partial charge in [0, 0.05) is 38.2 Å². The highest BCUT2D eigenvalue weighted by molar-refractivity contribution is 6.33. The first kappa shape index (κ1) is 29.3. The Kier molecular flexibility index (Phi) is 7.83. The molecule has 0 aromatic heterocycles. The molecular formula is C29H37N3O8. The number of primary amides is 1. The largest absolute Gasteiger partial charge is 0.507 e. The molecule has 0 spiro atoms. The van der Waals surface area contributed by atoms with Gasteiger partial charge in [0.1, 0.15) is 22.8 Å². The van der Waals surface area contributed by atoms with Gasteiger partial charge < -0.3 is 30.3 Å². The Bertz CT molecular complexity index is 1340. The maximum atomic E-state index is 14.2. The second-order valence-electron chi connectivity index (χ2n) is 11.1. The van der Waals surface area contributed by atoms with Crippen molar-refractivity contribution >= 4 is 34.9 Å². The number of anilines is 1. The Hall–Kier alpha value is -3.70. The highest BCUT2D eigenvalue weighted by Crippen LogP contribution is 2.53. The molecule has 1 fully saturated rings. The third kappa shape index (κ3) is 4.46. The molecule has 1 amide bonds. The fraction of sp³-hybridized carbons (Fsp3) is 0.517. The van der Waals surface area contributed by atoms with Gasteiger partial charge in [-0.3, -0.25) is 24.1 Å². The number of ether oxygens (including phenoxy) is 2. The summed E-state index contributed by atoms with van der Waals surface area (Å²) in [5.74, 6) is -6.15. The van der Waals surface area contributed by atoms with Crippen LogP contribution in [0.1, 0.15) is 44.2 Å². The molecular weight excluding hydrogens is 518 g/mol. The Balaban J connectivity index is 1.95. The van der Waals surface area contributed by atoms with Crippen LogP contribution >= 0.6 is 0 Å². The van der Waals surface area contributed by atoms with E-state index >= 15 is 0 Å².